The first-order valence-corrected chi connectivity index (χ1v) is 11.4. The summed E-state index contributed by atoms with van der Waals surface area (Å²) >= 11 is 2.64. The molecule has 0 spiro atoms. The molecule has 0 aliphatic rings. The summed E-state index contributed by atoms with van der Waals surface area (Å²) in [6, 6.07) is 15.4. The minimum atomic E-state index is -0.403. The number of primary amides is 1. The first-order valence-electron chi connectivity index (χ1n) is 9.41. The van der Waals surface area contributed by atoms with Gasteiger partial charge in [0.1, 0.15) is 0 Å². The van der Waals surface area contributed by atoms with Crippen LogP contribution in [0.4, 0.5) is 5.69 Å². The van der Waals surface area contributed by atoms with E-state index in [-0.39, 0.29) is 17.4 Å². The summed E-state index contributed by atoms with van der Waals surface area (Å²) in [5.41, 5.74) is 8.03. The first kappa shape index (κ1) is 21.9. The average Bonchev–Trinajstić information content (AvgIpc) is 3.14. The number of rotatable bonds is 9. The topological polar surface area (TPSA) is 103 Å². The highest BCUT2D eigenvalue weighted by Gasteiger charge is 2.15. The number of benzene rings is 2. The number of carbonyl (C=O) groups excluding carboxylic acids is 2. The minimum Gasteiger partial charge on any atom is -0.369 e. The van der Waals surface area contributed by atoms with Gasteiger partial charge in [-0.05, 0) is 32.0 Å². The minimum absolute atomic E-state index is 0.156. The van der Waals surface area contributed by atoms with Crippen molar-refractivity contribution >= 4 is 41.0 Å². The van der Waals surface area contributed by atoms with Crippen molar-refractivity contribution in [3.63, 3.8) is 0 Å². The number of hydrogen-bond donors (Lipinski definition) is 2. The van der Waals surface area contributed by atoms with Crippen molar-refractivity contribution in [1.82, 2.24) is 14.8 Å². The Morgan fingerprint density at radius 3 is 2.60 bits per heavy atom. The maximum absolute atomic E-state index is 12.5. The lowest BCUT2D eigenvalue weighted by Gasteiger charge is -2.10. The van der Waals surface area contributed by atoms with Gasteiger partial charge in [0.25, 0.3) is 0 Å². The summed E-state index contributed by atoms with van der Waals surface area (Å²) in [5.74, 6) is 0.580. The van der Waals surface area contributed by atoms with Crippen LogP contribution in [0, 0.1) is 6.92 Å². The van der Waals surface area contributed by atoms with Gasteiger partial charge in [0, 0.05) is 17.0 Å². The molecule has 3 rings (SSSR count). The van der Waals surface area contributed by atoms with E-state index >= 15 is 0 Å². The second-order valence-corrected chi connectivity index (χ2v) is 8.47. The molecule has 0 saturated carbocycles. The first-order chi connectivity index (χ1) is 14.5. The van der Waals surface area contributed by atoms with E-state index in [2.05, 4.69) is 21.6 Å². The number of para-hydroxylation sites is 1. The molecule has 2 amide bonds. The molecule has 7 nitrogen and oxygen atoms in total. The molecule has 0 unspecified atom stereocenters. The number of aromatic nitrogens is 3. The molecule has 1 heterocycles. The molecule has 0 bridgehead atoms. The van der Waals surface area contributed by atoms with Crippen molar-refractivity contribution in [3.05, 3.63) is 54.1 Å². The molecule has 30 heavy (non-hydrogen) atoms. The van der Waals surface area contributed by atoms with Gasteiger partial charge in [-0.1, -0.05) is 47.7 Å². The lowest BCUT2D eigenvalue weighted by molar-refractivity contribution is -0.115. The molecule has 0 saturated heterocycles. The molecule has 0 aliphatic carbocycles. The zero-order chi connectivity index (χ0) is 21.5. The van der Waals surface area contributed by atoms with Crippen LogP contribution in [0.1, 0.15) is 12.5 Å². The maximum Gasteiger partial charge on any atom is 0.234 e. The Labute approximate surface area is 183 Å². The molecule has 1 aromatic heterocycles. The van der Waals surface area contributed by atoms with Crippen molar-refractivity contribution < 1.29 is 9.59 Å². The molecule has 0 radical (unpaired) electrons. The van der Waals surface area contributed by atoms with E-state index in [0.717, 1.165) is 21.8 Å². The molecule has 0 fully saturated rings. The number of aryl methyl sites for hydroxylation is 1. The van der Waals surface area contributed by atoms with Gasteiger partial charge in [0.05, 0.1) is 17.2 Å². The van der Waals surface area contributed by atoms with Gasteiger partial charge < -0.3 is 15.6 Å². The highest BCUT2D eigenvalue weighted by atomic mass is 32.2. The fourth-order valence-corrected chi connectivity index (χ4v) is 4.39. The highest BCUT2D eigenvalue weighted by Crippen LogP contribution is 2.28. The van der Waals surface area contributed by atoms with Crippen molar-refractivity contribution in [3.8, 4) is 11.4 Å². The summed E-state index contributed by atoms with van der Waals surface area (Å²) in [6.45, 7) is 4.77. The third-order valence-corrected chi connectivity index (χ3v) is 6.24. The zero-order valence-electron chi connectivity index (χ0n) is 16.8. The number of thioether (sulfide) groups is 2. The Hall–Kier alpha value is -2.78. The fourth-order valence-electron chi connectivity index (χ4n) is 2.84. The van der Waals surface area contributed by atoms with Gasteiger partial charge in [0.15, 0.2) is 11.0 Å². The van der Waals surface area contributed by atoms with Crippen LogP contribution < -0.4 is 11.1 Å². The third kappa shape index (κ3) is 5.64. The molecule has 0 aliphatic heterocycles. The van der Waals surface area contributed by atoms with Gasteiger partial charge in [-0.15, -0.1) is 22.0 Å². The van der Waals surface area contributed by atoms with Gasteiger partial charge >= 0.3 is 0 Å². The van der Waals surface area contributed by atoms with E-state index in [1.54, 1.807) is 6.07 Å². The van der Waals surface area contributed by atoms with Gasteiger partial charge in [-0.25, -0.2) is 0 Å². The number of anilines is 1. The lowest BCUT2D eigenvalue weighted by Crippen LogP contribution is -2.16. The molecule has 156 valence electrons. The van der Waals surface area contributed by atoms with E-state index in [4.69, 9.17) is 5.73 Å². The Morgan fingerprint density at radius 2 is 1.87 bits per heavy atom. The summed E-state index contributed by atoms with van der Waals surface area (Å²) < 4.78 is 2.00. The second-order valence-electron chi connectivity index (χ2n) is 6.51. The Balaban J connectivity index is 1.67. The number of nitrogens with zero attached hydrogens (tertiary/aromatic N) is 3. The lowest BCUT2D eigenvalue weighted by atomic mass is 10.1. The number of nitrogens with one attached hydrogen (secondary N) is 1. The van der Waals surface area contributed by atoms with Crippen LogP contribution in [0.5, 0.6) is 0 Å². The molecule has 3 aromatic rings. The van der Waals surface area contributed by atoms with Crippen molar-refractivity contribution in [2.45, 2.75) is 30.4 Å². The smallest absolute Gasteiger partial charge is 0.234 e. The number of amides is 2. The average molecular weight is 442 g/mol. The monoisotopic (exact) mass is 441 g/mol. The second kappa shape index (κ2) is 10.3. The molecule has 2 aromatic carbocycles. The summed E-state index contributed by atoms with van der Waals surface area (Å²) in [5, 5.41) is 12.2. The van der Waals surface area contributed by atoms with E-state index in [9.17, 15) is 9.59 Å². The predicted molar refractivity (Wildman–Crippen MR) is 122 cm³/mol. The zero-order valence-corrected chi connectivity index (χ0v) is 18.4. The molecular formula is C21H23N5O2S2. The van der Waals surface area contributed by atoms with Crippen LogP contribution in [0.25, 0.3) is 11.4 Å². The van der Waals surface area contributed by atoms with E-state index in [0.29, 0.717) is 17.4 Å². The van der Waals surface area contributed by atoms with Crippen molar-refractivity contribution in [2.24, 2.45) is 5.73 Å². The van der Waals surface area contributed by atoms with Crippen LogP contribution in [-0.2, 0) is 16.1 Å². The van der Waals surface area contributed by atoms with Crippen LogP contribution in [0.2, 0.25) is 0 Å². The summed E-state index contributed by atoms with van der Waals surface area (Å²) in [6.07, 6.45) is 0. The molecular weight excluding hydrogens is 418 g/mol. The predicted octanol–water partition coefficient (Wildman–Crippen LogP) is 3.58. The maximum atomic E-state index is 12.5. The van der Waals surface area contributed by atoms with Crippen molar-refractivity contribution in [2.75, 3.05) is 16.8 Å². The van der Waals surface area contributed by atoms with Crippen LogP contribution >= 0.6 is 23.5 Å². The quantitative estimate of drug-likeness (QED) is 0.492. The van der Waals surface area contributed by atoms with Crippen LogP contribution in [0.3, 0.4) is 0 Å². The molecule has 3 N–H and O–H groups in total. The fraction of sp³-hybridized carbons (Fsp3) is 0.238. The largest absolute Gasteiger partial charge is 0.369 e. The highest BCUT2D eigenvalue weighted by molar-refractivity contribution is 8.00. The Morgan fingerprint density at radius 1 is 1.07 bits per heavy atom. The van der Waals surface area contributed by atoms with Crippen molar-refractivity contribution in [1.29, 1.82) is 0 Å². The normalized spacial score (nSPS) is 10.7. The molecule has 9 heteroatoms. The van der Waals surface area contributed by atoms with Crippen LogP contribution in [0.15, 0.2) is 58.6 Å². The van der Waals surface area contributed by atoms with Gasteiger partial charge in [0.2, 0.25) is 11.8 Å². The Bertz CT molecular complexity index is 1050. The number of nitrogens with two attached hydrogens (primary N) is 1. The SMILES string of the molecule is CCn1c(SCC(=O)Nc2ccccc2SCC(N)=O)nnc1-c1cccc(C)c1. The number of carbonyl (C=O) groups is 2. The van der Waals surface area contributed by atoms with Crippen LogP contribution in [-0.4, -0.2) is 38.1 Å². The van der Waals surface area contributed by atoms with E-state index < -0.39 is 5.91 Å². The molecule has 0 atom stereocenters. The third-order valence-electron chi connectivity index (χ3n) is 4.17. The van der Waals surface area contributed by atoms with E-state index in [1.807, 2.05) is 54.8 Å². The number of hydrogen-bond acceptors (Lipinski definition) is 6. The summed E-state index contributed by atoms with van der Waals surface area (Å²) in [7, 11) is 0. The van der Waals surface area contributed by atoms with E-state index in [1.165, 1.54) is 23.5 Å². The van der Waals surface area contributed by atoms with Gasteiger partial charge in [-0.2, -0.15) is 0 Å². The summed E-state index contributed by atoms with van der Waals surface area (Å²) in [4.78, 5) is 24.4. The van der Waals surface area contributed by atoms with Gasteiger partial charge in [-0.3, -0.25) is 9.59 Å². The Kier molecular flexibility index (Phi) is 7.53. The standard InChI is InChI=1S/C21H23N5O2S2/c1-3-26-20(15-8-6-7-14(2)11-15)24-25-21(26)30-13-19(28)23-16-9-4-5-10-17(16)29-12-18(22)27/h4-11H,3,12-13H2,1-2H3,(H2,22,27)(H,23,28).